The number of hydrogen-bond acceptors (Lipinski definition) is 8. The smallest absolute Gasteiger partial charge is 0.188 e. The lowest BCUT2D eigenvalue weighted by Gasteiger charge is -2.15. The Bertz CT molecular complexity index is 962. The second kappa shape index (κ2) is 10.8. The number of para-hydroxylation sites is 1. The fraction of sp³-hybridized carbons (Fsp3) is 0.273. The molecule has 2 aromatic carbocycles. The van der Waals surface area contributed by atoms with Crippen LogP contribution in [0.3, 0.4) is 0 Å². The van der Waals surface area contributed by atoms with Crippen LogP contribution in [0.4, 0.5) is 5.13 Å². The van der Waals surface area contributed by atoms with Gasteiger partial charge in [0.25, 0.3) is 0 Å². The number of ether oxygens (including phenoxy) is 1. The Morgan fingerprint density at radius 3 is 2.70 bits per heavy atom. The normalized spacial score (nSPS) is 11.9. The van der Waals surface area contributed by atoms with Gasteiger partial charge in [-0.15, -0.1) is 11.3 Å². The number of nitrogens with one attached hydrogen (secondary N) is 1. The lowest BCUT2D eigenvalue weighted by molar-refractivity contribution is 0.0904. The van der Waals surface area contributed by atoms with E-state index in [0.29, 0.717) is 47.2 Å². The van der Waals surface area contributed by atoms with Gasteiger partial charge in [0.05, 0.1) is 5.69 Å². The summed E-state index contributed by atoms with van der Waals surface area (Å²) in [7, 11) is 0. The number of benzene rings is 2. The van der Waals surface area contributed by atoms with E-state index in [1.807, 2.05) is 36.4 Å². The molecular formula is C22H25N3O4S. The molecule has 0 aliphatic heterocycles. The molecule has 0 fully saturated rings. The number of aromatic nitrogens is 1. The van der Waals surface area contributed by atoms with Crippen molar-refractivity contribution in [2.24, 2.45) is 0 Å². The molecule has 1 unspecified atom stereocenters. The number of carbonyl (C=O) groups excluding carboxylic acids is 1. The van der Waals surface area contributed by atoms with E-state index in [0.717, 1.165) is 5.56 Å². The van der Waals surface area contributed by atoms with Crippen LogP contribution in [-0.4, -0.2) is 53.4 Å². The first-order valence-corrected chi connectivity index (χ1v) is 10.5. The minimum atomic E-state index is -0.648. The van der Waals surface area contributed by atoms with Crippen molar-refractivity contribution in [1.29, 1.82) is 0 Å². The van der Waals surface area contributed by atoms with Crippen LogP contribution in [0.25, 0.3) is 11.3 Å². The van der Waals surface area contributed by atoms with Crippen LogP contribution in [0.15, 0.2) is 53.9 Å². The Hall–Kier alpha value is -2.78. The summed E-state index contributed by atoms with van der Waals surface area (Å²) >= 11 is 1.30. The lowest BCUT2D eigenvalue weighted by atomic mass is 9.94. The van der Waals surface area contributed by atoms with Gasteiger partial charge < -0.3 is 26.0 Å². The summed E-state index contributed by atoms with van der Waals surface area (Å²) in [6.07, 6.45) is -0.0312. The average molecular weight is 428 g/mol. The number of hydrogen-bond donors (Lipinski definition) is 4. The third-order valence-corrected chi connectivity index (χ3v) is 5.18. The molecule has 30 heavy (non-hydrogen) atoms. The van der Waals surface area contributed by atoms with Crippen molar-refractivity contribution in [3.05, 3.63) is 65.0 Å². The zero-order valence-electron chi connectivity index (χ0n) is 16.5. The molecule has 0 spiro atoms. The summed E-state index contributed by atoms with van der Waals surface area (Å²) in [5.41, 5.74) is 8.44. The van der Waals surface area contributed by atoms with Gasteiger partial charge in [-0.05, 0) is 30.7 Å². The van der Waals surface area contributed by atoms with Crippen LogP contribution in [-0.2, 0) is 6.42 Å². The molecule has 1 heterocycles. The summed E-state index contributed by atoms with van der Waals surface area (Å²) < 4.78 is 5.55. The van der Waals surface area contributed by atoms with E-state index in [4.69, 9.17) is 10.5 Å². The number of rotatable bonds is 11. The predicted molar refractivity (Wildman–Crippen MR) is 118 cm³/mol. The molecule has 0 radical (unpaired) electrons. The molecule has 3 rings (SSSR count). The molecule has 0 saturated heterocycles. The van der Waals surface area contributed by atoms with E-state index in [2.05, 4.69) is 10.3 Å². The highest BCUT2D eigenvalue weighted by Gasteiger charge is 2.18. The number of Topliss-reactive ketones (excluding diaryl/α,β-unsaturated/α-hetero) is 1. The van der Waals surface area contributed by atoms with E-state index in [-0.39, 0.29) is 12.4 Å². The molecule has 158 valence electrons. The van der Waals surface area contributed by atoms with Gasteiger partial charge in [0, 0.05) is 23.1 Å². The molecule has 5 N–H and O–H groups in total. The average Bonchev–Trinajstić information content (AvgIpc) is 3.21. The van der Waals surface area contributed by atoms with Gasteiger partial charge in [-0.1, -0.05) is 36.4 Å². The number of nitrogens with two attached hydrogens (primary N) is 1. The largest absolute Gasteiger partial charge is 0.491 e. The molecule has 0 aliphatic carbocycles. The summed E-state index contributed by atoms with van der Waals surface area (Å²) in [4.78, 5) is 16.5. The van der Waals surface area contributed by atoms with Crippen LogP contribution in [0, 0.1) is 0 Å². The fourth-order valence-electron chi connectivity index (χ4n) is 3.09. The number of carbonyl (C=O) groups is 1. The molecular weight excluding hydrogens is 402 g/mol. The van der Waals surface area contributed by atoms with Gasteiger partial charge in [0.1, 0.15) is 25.1 Å². The van der Waals surface area contributed by atoms with E-state index >= 15 is 0 Å². The highest BCUT2D eigenvalue weighted by molar-refractivity contribution is 7.13. The summed E-state index contributed by atoms with van der Waals surface area (Å²) in [6, 6.07) is 14.7. The first-order valence-electron chi connectivity index (χ1n) is 9.62. The molecule has 3 aromatic rings. The highest BCUT2D eigenvalue weighted by atomic mass is 32.1. The van der Waals surface area contributed by atoms with E-state index < -0.39 is 12.7 Å². The number of nitrogens with zero attached hydrogens (tertiary/aromatic N) is 1. The summed E-state index contributed by atoms with van der Waals surface area (Å²) in [5, 5.41) is 24.9. The first kappa shape index (κ1) is 21.9. The second-order valence-corrected chi connectivity index (χ2v) is 7.61. The third-order valence-electron chi connectivity index (χ3n) is 4.51. The number of nitrogen functional groups attached to an aromatic ring is 1. The predicted octanol–water partition coefficient (Wildman–Crippen LogP) is 2.14. The zero-order chi connectivity index (χ0) is 21.3. The minimum Gasteiger partial charge on any atom is -0.491 e. The Kier molecular flexibility index (Phi) is 7.92. The molecule has 8 heteroatoms. The topological polar surface area (TPSA) is 118 Å². The molecule has 0 saturated carbocycles. The van der Waals surface area contributed by atoms with Gasteiger partial charge in [0.15, 0.2) is 10.9 Å². The maximum atomic E-state index is 12.2. The lowest BCUT2D eigenvalue weighted by Crippen LogP contribution is -2.32. The molecule has 1 aromatic heterocycles. The third kappa shape index (κ3) is 5.87. The van der Waals surface area contributed by atoms with E-state index in [9.17, 15) is 15.0 Å². The number of aliphatic hydroxyl groups excluding tert-OH is 2. The molecule has 0 bridgehead atoms. The van der Waals surface area contributed by atoms with Crippen LogP contribution in [0.1, 0.15) is 15.9 Å². The van der Waals surface area contributed by atoms with Crippen LogP contribution >= 0.6 is 11.3 Å². The van der Waals surface area contributed by atoms with Crippen molar-refractivity contribution in [1.82, 2.24) is 10.3 Å². The van der Waals surface area contributed by atoms with Crippen molar-refractivity contribution in [2.45, 2.75) is 12.5 Å². The van der Waals surface area contributed by atoms with Crippen molar-refractivity contribution in [3.63, 3.8) is 0 Å². The number of thiazole rings is 1. The molecule has 0 aliphatic rings. The SMILES string of the molecule is Nc1nc(-c2c(CCNCC(O)COc3ccccc3)cccc2C(=O)CO)cs1. The van der Waals surface area contributed by atoms with Crippen LogP contribution in [0.5, 0.6) is 5.75 Å². The van der Waals surface area contributed by atoms with Gasteiger partial charge in [0.2, 0.25) is 0 Å². The summed E-state index contributed by atoms with van der Waals surface area (Å²) in [5.74, 6) is 0.356. The Morgan fingerprint density at radius 1 is 1.20 bits per heavy atom. The van der Waals surface area contributed by atoms with Crippen molar-refractivity contribution in [2.75, 3.05) is 32.0 Å². The highest BCUT2D eigenvalue weighted by Crippen LogP contribution is 2.30. The minimum absolute atomic E-state index is 0.195. The zero-order valence-corrected chi connectivity index (χ0v) is 17.3. The first-order chi connectivity index (χ1) is 14.6. The van der Waals surface area contributed by atoms with Gasteiger partial charge in [-0.3, -0.25) is 4.79 Å². The van der Waals surface area contributed by atoms with Crippen molar-refractivity contribution >= 4 is 22.3 Å². The Morgan fingerprint density at radius 2 is 2.00 bits per heavy atom. The van der Waals surface area contributed by atoms with Crippen molar-refractivity contribution in [3.8, 4) is 17.0 Å². The monoisotopic (exact) mass is 427 g/mol. The number of aliphatic hydroxyl groups is 2. The van der Waals surface area contributed by atoms with E-state index in [1.165, 1.54) is 11.3 Å². The van der Waals surface area contributed by atoms with Gasteiger partial charge in [-0.2, -0.15) is 0 Å². The molecule has 0 amide bonds. The number of anilines is 1. The Labute approximate surface area is 179 Å². The van der Waals surface area contributed by atoms with Crippen molar-refractivity contribution < 1.29 is 19.7 Å². The fourth-order valence-corrected chi connectivity index (χ4v) is 3.64. The van der Waals surface area contributed by atoms with E-state index in [1.54, 1.807) is 17.5 Å². The maximum absolute atomic E-state index is 12.2. The Balaban J connectivity index is 1.59. The van der Waals surface area contributed by atoms with Gasteiger partial charge >= 0.3 is 0 Å². The standard InChI is InChI=1S/C22H25N3O4S/c23-22-25-19(14-30-22)21-15(5-4-8-18(21)20(28)12-26)9-10-24-11-16(27)13-29-17-6-2-1-3-7-17/h1-8,14,16,24,26-27H,9-13H2,(H2,23,25). The van der Waals surface area contributed by atoms with Crippen LogP contribution in [0.2, 0.25) is 0 Å². The molecule has 7 nitrogen and oxygen atoms in total. The quantitative estimate of drug-likeness (QED) is 0.273. The number of ketones is 1. The maximum Gasteiger partial charge on any atom is 0.188 e. The molecule has 1 atom stereocenters. The van der Waals surface area contributed by atoms with Crippen LogP contribution < -0.4 is 15.8 Å². The second-order valence-electron chi connectivity index (χ2n) is 6.72. The summed E-state index contributed by atoms with van der Waals surface area (Å²) in [6.45, 7) is 0.593. The van der Waals surface area contributed by atoms with Gasteiger partial charge in [-0.25, -0.2) is 4.98 Å².